The van der Waals surface area contributed by atoms with Crippen LogP contribution in [0.15, 0.2) is 24.3 Å². The SMILES string of the molecule is CC(=O)OCCCCCCCCCCCOc1cccc(CC[C@@H]2OC(=O)[C@H]2CO)c1. The third-order valence-electron chi connectivity index (χ3n) is 5.69. The lowest BCUT2D eigenvalue weighted by molar-refractivity contribution is -0.188. The Bertz CT molecular complexity index is 659. The van der Waals surface area contributed by atoms with Gasteiger partial charge in [0.1, 0.15) is 17.8 Å². The van der Waals surface area contributed by atoms with Crippen LogP contribution in [0.1, 0.15) is 76.7 Å². The lowest BCUT2D eigenvalue weighted by Crippen LogP contribution is -2.47. The zero-order chi connectivity index (χ0) is 22.3. The molecule has 6 heteroatoms. The van der Waals surface area contributed by atoms with Crippen molar-refractivity contribution in [3.05, 3.63) is 29.8 Å². The van der Waals surface area contributed by atoms with Gasteiger partial charge in [-0.3, -0.25) is 9.59 Å². The van der Waals surface area contributed by atoms with Crippen LogP contribution in [0.5, 0.6) is 5.75 Å². The van der Waals surface area contributed by atoms with E-state index in [4.69, 9.17) is 14.2 Å². The summed E-state index contributed by atoms with van der Waals surface area (Å²) in [6.07, 6.45) is 11.9. The van der Waals surface area contributed by atoms with E-state index in [1.54, 1.807) is 0 Å². The molecule has 0 radical (unpaired) electrons. The molecule has 1 aromatic rings. The van der Waals surface area contributed by atoms with Crippen LogP contribution < -0.4 is 4.74 Å². The van der Waals surface area contributed by atoms with E-state index in [1.165, 1.54) is 45.4 Å². The minimum absolute atomic E-state index is 0.135. The van der Waals surface area contributed by atoms with Crippen molar-refractivity contribution in [3.8, 4) is 5.75 Å². The third kappa shape index (κ3) is 10.2. The van der Waals surface area contributed by atoms with Crippen molar-refractivity contribution in [2.45, 2.75) is 83.7 Å². The van der Waals surface area contributed by atoms with E-state index in [0.717, 1.165) is 50.0 Å². The number of esters is 2. The molecule has 1 aliphatic heterocycles. The molecule has 6 nitrogen and oxygen atoms in total. The van der Waals surface area contributed by atoms with Crippen molar-refractivity contribution in [1.29, 1.82) is 0 Å². The van der Waals surface area contributed by atoms with Gasteiger partial charge < -0.3 is 19.3 Å². The minimum Gasteiger partial charge on any atom is -0.494 e. The molecule has 2 atom stereocenters. The molecule has 1 N–H and O–H groups in total. The van der Waals surface area contributed by atoms with Crippen LogP contribution in [0, 0.1) is 5.92 Å². The van der Waals surface area contributed by atoms with Crippen LogP contribution in [-0.4, -0.2) is 43.0 Å². The maximum atomic E-state index is 11.2. The van der Waals surface area contributed by atoms with Crippen LogP contribution in [0.3, 0.4) is 0 Å². The van der Waals surface area contributed by atoms with E-state index in [-0.39, 0.29) is 30.6 Å². The number of cyclic esters (lactones) is 1. The maximum Gasteiger partial charge on any atom is 0.315 e. The second-order valence-electron chi connectivity index (χ2n) is 8.32. The average molecular weight is 435 g/mol. The number of ether oxygens (including phenoxy) is 3. The van der Waals surface area contributed by atoms with Gasteiger partial charge in [-0.2, -0.15) is 0 Å². The topological polar surface area (TPSA) is 82.1 Å². The standard InChI is InChI=1S/C25H38O6/c1-20(27)29-16-9-7-5-3-2-4-6-8-10-17-30-22-13-11-12-21(18-22)14-15-24-23(19-26)25(28)31-24/h11-13,18,23-24,26H,2-10,14-17,19H2,1H3/t23-,24-/m0/s1. The Labute approximate surface area is 186 Å². The van der Waals surface area contributed by atoms with Crippen molar-refractivity contribution in [2.75, 3.05) is 19.8 Å². The van der Waals surface area contributed by atoms with Gasteiger partial charge >= 0.3 is 11.9 Å². The molecule has 0 bridgehead atoms. The Morgan fingerprint density at radius 1 is 1.00 bits per heavy atom. The first kappa shape index (κ1) is 25.2. The number of aryl methyl sites for hydroxylation is 1. The van der Waals surface area contributed by atoms with Crippen molar-refractivity contribution in [1.82, 2.24) is 0 Å². The normalized spacial score (nSPS) is 17.7. The van der Waals surface area contributed by atoms with E-state index in [9.17, 15) is 14.7 Å². The molecule has 0 aromatic heterocycles. The number of hydrogen-bond donors (Lipinski definition) is 1. The van der Waals surface area contributed by atoms with Crippen molar-refractivity contribution in [3.63, 3.8) is 0 Å². The third-order valence-corrected chi connectivity index (χ3v) is 5.69. The van der Waals surface area contributed by atoms with Gasteiger partial charge in [0.2, 0.25) is 0 Å². The van der Waals surface area contributed by atoms with Crippen molar-refractivity contribution < 1.29 is 28.9 Å². The number of carbonyl (C=O) groups is 2. The molecule has 1 heterocycles. The number of aliphatic hydroxyl groups is 1. The van der Waals surface area contributed by atoms with E-state index in [2.05, 4.69) is 12.1 Å². The molecule has 1 aromatic carbocycles. The lowest BCUT2D eigenvalue weighted by atomic mass is 9.92. The molecular formula is C25H38O6. The molecule has 174 valence electrons. The highest BCUT2D eigenvalue weighted by molar-refractivity contribution is 5.78. The number of aliphatic hydroxyl groups excluding tert-OH is 1. The molecule has 0 spiro atoms. The first-order chi connectivity index (χ1) is 15.1. The summed E-state index contributed by atoms with van der Waals surface area (Å²) in [7, 11) is 0. The Balaban J connectivity index is 1.44. The van der Waals surface area contributed by atoms with E-state index in [1.807, 2.05) is 12.1 Å². The summed E-state index contributed by atoms with van der Waals surface area (Å²) < 4.78 is 15.9. The summed E-state index contributed by atoms with van der Waals surface area (Å²) in [5.41, 5.74) is 1.16. The summed E-state index contributed by atoms with van der Waals surface area (Å²) in [5.74, 6) is 0.0505. The second kappa shape index (κ2) is 14.8. The Kier molecular flexibility index (Phi) is 12.1. The van der Waals surface area contributed by atoms with Crippen LogP contribution in [0.4, 0.5) is 0 Å². The lowest BCUT2D eigenvalue weighted by Gasteiger charge is -2.33. The number of hydrogen-bond acceptors (Lipinski definition) is 6. The molecule has 0 unspecified atom stereocenters. The molecular weight excluding hydrogens is 396 g/mol. The predicted octanol–water partition coefficient (Wildman–Crippen LogP) is 4.61. The average Bonchev–Trinajstić information content (AvgIpc) is 2.74. The number of carbonyl (C=O) groups excluding carboxylic acids is 2. The van der Waals surface area contributed by atoms with Gasteiger partial charge in [-0.15, -0.1) is 0 Å². The Hall–Kier alpha value is -2.08. The summed E-state index contributed by atoms with van der Waals surface area (Å²) in [6.45, 7) is 2.60. The van der Waals surface area contributed by atoms with Crippen LogP contribution >= 0.6 is 0 Å². The van der Waals surface area contributed by atoms with Crippen molar-refractivity contribution >= 4 is 11.9 Å². The summed E-state index contributed by atoms with van der Waals surface area (Å²) in [6, 6.07) is 8.08. The van der Waals surface area contributed by atoms with Gasteiger partial charge in [0.25, 0.3) is 0 Å². The van der Waals surface area contributed by atoms with E-state index < -0.39 is 0 Å². The molecule has 0 saturated carbocycles. The molecule has 2 rings (SSSR count). The van der Waals surface area contributed by atoms with Crippen LogP contribution in [0.2, 0.25) is 0 Å². The molecule has 1 fully saturated rings. The van der Waals surface area contributed by atoms with Gasteiger partial charge in [0.15, 0.2) is 0 Å². The Morgan fingerprint density at radius 2 is 1.65 bits per heavy atom. The van der Waals surface area contributed by atoms with E-state index >= 15 is 0 Å². The monoisotopic (exact) mass is 434 g/mol. The summed E-state index contributed by atoms with van der Waals surface area (Å²) in [4.78, 5) is 21.9. The van der Waals surface area contributed by atoms with Crippen LogP contribution in [0.25, 0.3) is 0 Å². The quantitative estimate of drug-likeness (QED) is 0.285. The number of rotatable bonds is 17. The first-order valence-corrected chi connectivity index (χ1v) is 11.8. The highest BCUT2D eigenvalue weighted by atomic mass is 16.6. The highest BCUT2D eigenvalue weighted by Crippen LogP contribution is 2.26. The fraction of sp³-hybridized carbons (Fsp3) is 0.680. The number of unbranched alkanes of at least 4 members (excludes halogenated alkanes) is 8. The predicted molar refractivity (Wildman–Crippen MR) is 119 cm³/mol. The largest absolute Gasteiger partial charge is 0.494 e. The van der Waals surface area contributed by atoms with Gasteiger partial charge in [0.05, 0.1) is 19.8 Å². The molecule has 31 heavy (non-hydrogen) atoms. The highest BCUT2D eigenvalue weighted by Gasteiger charge is 2.41. The molecule has 0 aliphatic carbocycles. The minimum atomic E-state index is -0.355. The van der Waals surface area contributed by atoms with Gasteiger partial charge in [0, 0.05) is 6.92 Å². The van der Waals surface area contributed by atoms with Gasteiger partial charge in [-0.05, 0) is 43.4 Å². The maximum absolute atomic E-state index is 11.2. The fourth-order valence-corrected chi connectivity index (χ4v) is 3.80. The van der Waals surface area contributed by atoms with Gasteiger partial charge in [-0.1, -0.05) is 57.1 Å². The molecule has 1 saturated heterocycles. The first-order valence-electron chi connectivity index (χ1n) is 11.8. The number of benzene rings is 1. The Morgan fingerprint density at radius 3 is 2.26 bits per heavy atom. The molecule has 0 amide bonds. The zero-order valence-corrected chi connectivity index (χ0v) is 18.9. The zero-order valence-electron chi connectivity index (χ0n) is 18.9. The molecule has 1 aliphatic rings. The smallest absolute Gasteiger partial charge is 0.315 e. The fourth-order valence-electron chi connectivity index (χ4n) is 3.80. The van der Waals surface area contributed by atoms with Gasteiger partial charge in [-0.25, -0.2) is 0 Å². The van der Waals surface area contributed by atoms with E-state index in [0.29, 0.717) is 6.61 Å². The second-order valence-corrected chi connectivity index (χ2v) is 8.32. The van der Waals surface area contributed by atoms with Crippen LogP contribution in [-0.2, 0) is 25.5 Å². The van der Waals surface area contributed by atoms with Crippen molar-refractivity contribution in [2.24, 2.45) is 5.92 Å². The summed E-state index contributed by atoms with van der Waals surface area (Å²) in [5, 5.41) is 9.19. The summed E-state index contributed by atoms with van der Waals surface area (Å²) >= 11 is 0.